The molecule has 0 bridgehead atoms. The van der Waals surface area contributed by atoms with Gasteiger partial charge < -0.3 is 14.5 Å². The maximum atomic E-state index is 13.2. The number of aryl methyl sites for hydroxylation is 1. The summed E-state index contributed by atoms with van der Waals surface area (Å²) in [4.78, 5) is 30.3. The predicted octanol–water partition coefficient (Wildman–Crippen LogP) is 2.49. The maximum absolute atomic E-state index is 13.2. The van der Waals surface area contributed by atoms with Gasteiger partial charge in [-0.05, 0) is 44.2 Å². The Bertz CT molecular complexity index is 690. The van der Waals surface area contributed by atoms with E-state index in [0.29, 0.717) is 26.3 Å². The monoisotopic (exact) mass is 356 g/mol. The molecule has 0 N–H and O–H groups in total. The summed E-state index contributed by atoms with van der Waals surface area (Å²) in [7, 11) is 0. The Morgan fingerprint density at radius 1 is 1.08 bits per heavy atom. The van der Waals surface area contributed by atoms with Gasteiger partial charge in [-0.3, -0.25) is 9.59 Å². The molecule has 140 valence electrons. The zero-order valence-electron chi connectivity index (χ0n) is 15.6. The molecule has 3 fully saturated rings. The third kappa shape index (κ3) is 3.02. The van der Waals surface area contributed by atoms with Gasteiger partial charge >= 0.3 is 0 Å². The van der Waals surface area contributed by atoms with E-state index in [2.05, 4.69) is 0 Å². The molecule has 3 aliphatic rings. The van der Waals surface area contributed by atoms with Crippen molar-refractivity contribution < 1.29 is 14.3 Å². The SMILES string of the molecule is Cc1ccccc1C(=O)N1C[C@H](C(=O)N2CCCC2)C2(CCOCC2)C1. The Kier molecular flexibility index (Phi) is 4.74. The topological polar surface area (TPSA) is 49.9 Å². The average Bonchev–Trinajstić information content (AvgIpc) is 3.31. The second-order valence-electron chi connectivity index (χ2n) is 8.06. The van der Waals surface area contributed by atoms with Gasteiger partial charge in [0, 0.05) is 50.4 Å². The van der Waals surface area contributed by atoms with E-state index in [1.807, 2.05) is 41.0 Å². The van der Waals surface area contributed by atoms with E-state index >= 15 is 0 Å². The van der Waals surface area contributed by atoms with Crippen molar-refractivity contribution in [2.75, 3.05) is 39.4 Å². The molecular formula is C21H28N2O3. The largest absolute Gasteiger partial charge is 0.381 e. The summed E-state index contributed by atoms with van der Waals surface area (Å²) in [5, 5.41) is 0. The quantitative estimate of drug-likeness (QED) is 0.818. The van der Waals surface area contributed by atoms with E-state index < -0.39 is 0 Å². The molecule has 3 saturated heterocycles. The van der Waals surface area contributed by atoms with E-state index in [-0.39, 0.29) is 23.1 Å². The fraction of sp³-hybridized carbons (Fsp3) is 0.619. The highest BCUT2D eigenvalue weighted by Gasteiger charge is 2.52. The van der Waals surface area contributed by atoms with Crippen LogP contribution in [-0.2, 0) is 9.53 Å². The molecule has 0 radical (unpaired) electrons. The lowest BCUT2D eigenvalue weighted by Gasteiger charge is -2.38. The molecule has 0 saturated carbocycles. The van der Waals surface area contributed by atoms with Crippen LogP contribution < -0.4 is 0 Å². The van der Waals surface area contributed by atoms with Crippen molar-refractivity contribution >= 4 is 11.8 Å². The zero-order valence-corrected chi connectivity index (χ0v) is 15.6. The molecular weight excluding hydrogens is 328 g/mol. The molecule has 1 spiro atoms. The molecule has 0 unspecified atom stereocenters. The molecule has 0 aliphatic carbocycles. The molecule has 4 rings (SSSR count). The first-order chi connectivity index (χ1) is 12.6. The third-order valence-electron chi connectivity index (χ3n) is 6.52. The highest BCUT2D eigenvalue weighted by Crippen LogP contribution is 2.45. The van der Waals surface area contributed by atoms with Gasteiger partial charge in [0.25, 0.3) is 5.91 Å². The maximum Gasteiger partial charge on any atom is 0.254 e. The van der Waals surface area contributed by atoms with Crippen molar-refractivity contribution in [2.24, 2.45) is 11.3 Å². The number of hydrogen-bond acceptors (Lipinski definition) is 3. The first-order valence-electron chi connectivity index (χ1n) is 9.82. The van der Waals surface area contributed by atoms with E-state index in [9.17, 15) is 9.59 Å². The summed E-state index contributed by atoms with van der Waals surface area (Å²) < 4.78 is 5.58. The molecule has 2 amide bonds. The minimum Gasteiger partial charge on any atom is -0.381 e. The Morgan fingerprint density at radius 3 is 2.46 bits per heavy atom. The second kappa shape index (κ2) is 7.03. The molecule has 3 aliphatic heterocycles. The zero-order chi connectivity index (χ0) is 18.1. The Balaban J connectivity index is 1.60. The van der Waals surface area contributed by atoms with Gasteiger partial charge in [0.15, 0.2) is 0 Å². The minimum absolute atomic E-state index is 0.0608. The van der Waals surface area contributed by atoms with Crippen LogP contribution >= 0.6 is 0 Å². The summed E-state index contributed by atoms with van der Waals surface area (Å²) >= 11 is 0. The number of rotatable bonds is 2. The van der Waals surface area contributed by atoms with Crippen LogP contribution in [0.5, 0.6) is 0 Å². The fourth-order valence-corrected chi connectivity index (χ4v) is 4.89. The fourth-order valence-electron chi connectivity index (χ4n) is 4.89. The van der Waals surface area contributed by atoms with Crippen molar-refractivity contribution in [3.8, 4) is 0 Å². The number of carbonyl (C=O) groups excluding carboxylic acids is 2. The third-order valence-corrected chi connectivity index (χ3v) is 6.52. The number of nitrogens with zero attached hydrogens (tertiary/aromatic N) is 2. The van der Waals surface area contributed by atoms with Crippen molar-refractivity contribution in [3.05, 3.63) is 35.4 Å². The normalized spacial score (nSPS) is 25.0. The summed E-state index contributed by atoms with van der Waals surface area (Å²) in [5.74, 6) is 0.229. The second-order valence-corrected chi connectivity index (χ2v) is 8.06. The van der Waals surface area contributed by atoms with Crippen LogP contribution in [0.3, 0.4) is 0 Å². The summed E-state index contributed by atoms with van der Waals surface area (Å²) in [6.45, 7) is 6.31. The molecule has 1 atom stereocenters. The van der Waals surface area contributed by atoms with Crippen molar-refractivity contribution in [1.29, 1.82) is 0 Å². The highest BCUT2D eigenvalue weighted by atomic mass is 16.5. The lowest BCUT2D eigenvalue weighted by Crippen LogP contribution is -2.45. The van der Waals surface area contributed by atoms with Gasteiger partial charge in [-0.1, -0.05) is 18.2 Å². The first-order valence-corrected chi connectivity index (χ1v) is 9.82. The summed E-state index contributed by atoms with van der Waals surface area (Å²) in [5.41, 5.74) is 1.63. The van der Waals surface area contributed by atoms with Crippen molar-refractivity contribution in [2.45, 2.75) is 32.6 Å². The van der Waals surface area contributed by atoms with Crippen LogP contribution in [0.4, 0.5) is 0 Å². The Hall–Kier alpha value is -1.88. The molecule has 3 heterocycles. The first kappa shape index (κ1) is 17.5. The van der Waals surface area contributed by atoms with Crippen LogP contribution in [0.15, 0.2) is 24.3 Å². The number of ether oxygens (including phenoxy) is 1. The molecule has 26 heavy (non-hydrogen) atoms. The van der Waals surface area contributed by atoms with Crippen LogP contribution in [0.25, 0.3) is 0 Å². The standard InChI is InChI=1S/C21H28N2O3/c1-16-6-2-3-7-17(16)19(24)23-14-18(20(25)22-10-4-5-11-22)21(15-23)8-12-26-13-9-21/h2-3,6-7,18H,4-5,8-15H2,1H3/t18-/m1/s1. The van der Waals surface area contributed by atoms with E-state index in [1.165, 1.54) is 0 Å². The van der Waals surface area contributed by atoms with E-state index in [1.54, 1.807) is 0 Å². The molecule has 5 heteroatoms. The lowest BCUT2D eigenvalue weighted by molar-refractivity contribution is -0.139. The minimum atomic E-state index is -0.115. The van der Waals surface area contributed by atoms with Crippen molar-refractivity contribution in [3.63, 3.8) is 0 Å². The van der Waals surface area contributed by atoms with Crippen LogP contribution in [0.2, 0.25) is 0 Å². The smallest absolute Gasteiger partial charge is 0.254 e. The van der Waals surface area contributed by atoms with Gasteiger partial charge in [0.1, 0.15) is 0 Å². The van der Waals surface area contributed by atoms with Gasteiger partial charge in [-0.2, -0.15) is 0 Å². The highest BCUT2D eigenvalue weighted by molar-refractivity contribution is 5.96. The summed E-state index contributed by atoms with van der Waals surface area (Å²) in [6.07, 6.45) is 3.93. The molecule has 0 aromatic heterocycles. The van der Waals surface area contributed by atoms with E-state index in [4.69, 9.17) is 4.74 Å². The van der Waals surface area contributed by atoms with Gasteiger partial charge in [0.2, 0.25) is 5.91 Å². The predicted molar refractivity (Wildman–Crippen MR) is 98.9 cm³/mol. The summed E-state index contributed by atoms with van der Waals surface area (Å²) in [6, 6.07) is 7.73. The number of benzene rings is 1. The number of carbonyl (C=O) groups is 2. The number of amides is 2. The number of hydrogen-bond donors (Lipinski definition) is 0. The molecule has 5 nitrogen and oxygen atoms in total. The molecule has 1 aromatic rings. The van der Waals surface area contributed by atoms with Gasteiger partial charge in [-0.25, -0.2) is 0 Å². The molecule has 1 aromatic carbocycles. The lowest BCUT2D eigenvalue weighted by atomic mass is 9.71. The van der Waals surface area contributed by atoms with E-state index in [0.717, 1.165) is 49.9 Å². The van der Waals surface area contributed by atoms with Gasteiger partial charge in [0.05, 0.1) is 5.92 Å². The number of likely N-dealkylation sites (tertiary alicyclic amines) is 2. The average molecular weight is 356 g/mol. The van der Waals surface area contributed by atoms with Crippen molar-refractivity contribution in [1.82, 2.24) is 9.80 Å². The Labute approximate surface area is 155 Å². The van der Waals surface area contributed by atoms with Gasteiger partial charge in [-0.15, -0.1) is 0 Å². The Morgan fingerprint density at radius 2 is 1.77 bits per heavy atom. The van der Waals surface area contributed by atoms with Crippen LogP contribution in [0.1, 0.15) is 41.6 Å². The van der Waals surface area contributed by atoms with Crippen LogP contribution in [0, 0.1) is 18.3 Å². The van der Waals surface area contributed by atoms with Crippen LogP contribution in [-0.4, -0.2) is 61.0 Å².